The Morgan fingerprint density at radius 3 is 2.76 bits per heavy atom. The van der Waals surface area contributed by atoms with Gasteiger partial charge in [-0.15, -0.1) is 0 Å². The fraction of sp³-hybridized carbons (Fsp3) is 0.500. The van der Waals surface area contributed by atoms with Gasteiger partial charge < -0.3 is 24.3 Å². The van der Waals surface area contributed by atoms with E-state index in [4.69, 9.17) is 18.9 Å². The van der Waals surface area contributed by atoms with E-state index in [1.54, 1.807) is 7.11 Å². The summed E-state index contributed by atoms with van der Waals surface area (Å²) in [5, 5.41) is 3.16. The predicted molar refractivity (Wildman–Crippen MR) is 61.3 cm³/mol. The molecule has 0 aromatic heterocycles. The number of benzene rings is 1. The SMILES string of the molecule is COc1cc(OC2CNC2)cc2c1OCCO2. The van der Waals surface area contributed by atoms with Crippen molar-refractivity contribution in [2.45, 2.75) is 6.10 Å². The molecule has 0 saturated carbocycles. The van der Waals surface area contributed by atoms with Crippen molar-refractivity contribution in [3.8, 4) is 23.0 Å². The summed E-state index contributed by atoms with van der Waals surface area (Å²) in [7, 11) is 1.61. The van der Waals surface area contributed by atoms with E-state index >= 15 is 0 Å². The van der Waals surface area contributed by atoms with E-state index in [1.807, 2.05) is 12.1 Å². The molecule has 5 nitrogen and oxygen atoms in total. The van der Waals surface area contributed by atoms with Gasteiger partial charge in [0.05, 0.1) is 7.11 Å². The van der Waals surface area contributed by atoms with Crippen molar-refractivity contribution < 1.29 is 18.9 Å². The molecule has 0 unspecified atom stereocenters. The van der Waals surface area contributed by atoms with E-state index in [2.05, 4.69) is 5.32 Å². The number of rotatable bonds is 3. The molecule has 0 amide bonds. The summed E-state index contributed by atoms with van der Waals surface area (Å²) in [6, 6.07) is 3.70. The number of hydrogen-bond donors (Lipinski definition) is 1. The highest BCUT2D eigenvalue weighted by atomic mass is 16.6. The minimum absolute atomic E-state index is 0.238. The van der Waals surface area contributed by atoms with Crippen LogP contribution in [0.3, 0.4) is 0 Å². The van der Waals surface area contributed by atoms with E-state index in [-0.39, 0.29) is 6.10 Å². The first-order valence-corrected chi connectivity index (χ1v) is 5.72. The quantitative estimate of drug-likeness (QED) is 0.843. The molecule has 17 heavy (non-hydrogen) atoms. The lowest BCUT2D eigenvalue weighted by Crippen LogP contribution is -2.50. The second-order valence-corrected chi connectivity index (χ2v) is 4.05. The van der Waals surface area contributed by atoms with Crippen LogP contribution in [0.5, 0.6) is 23.0 Å². The van der Waals surface area contributed by atoms with Crippen molar-refractivity contribution in [1.29, 1.82) is 0 Å². The molecule has 2 heterocycles. The maximum Gasteiger partial charge on any atom is 0.203 e. The second-order valence-electron chi connectivity index (χ2n) is 4.05. The molecule has 3 rings (SSSR count). The van der Waals surface area contributed by atoms with Crippen molar-refractivity contribution >= 4 is 0 Å². The number of methoxy groups -OCH3 is 1. The minimum atomic E-state index is 0.238. The molecular formula is C12H15NO4. The zero-order valence-corrected chi connectivity index (χ0v) is 9.69. The van der Waals surface area contributed by atoms with E-state index in [1.165, 1.54) is 0 Å². The van der Waals surface area contributed by atoms with Crippen LogP contribution in [0, 0.1) is 0 Å². The molecule has 2 aliphatic rings. The summed E-state index contributed by atoms with van der Waals surface area (Å²) < 4.78 is 22.1. The molecule has 0 bridgehead atoms. The van der Waals surface area contributed by atoms with Crippen molar-refractivity contribution in [2.24, 2.45) is 0 Å². The van der Waals surface area contributed by atoms with Crippen LogP contribution in [0.25, 0.3) is 0 Å². The number of ether oxygens (including phenoxy) is 4. The Bertz CT molecular complexity index is 400. The average molecular weight is 237 g/mol. The Morgan fingerprint density at radius 2 is 2.06 bits per heavy atom. The average Bonchev–Trinajstić information content (AvgIpc) is 2.33. The summed E-state index contributed by atoms with van der Waals surface area (Å²) in [4.78, 5) is 0. The van der Waals surface area contributed by atoms with Gasteiger partial charge in [0.15, 0.2) is 11.5 Å². The second kappa shape index (κ2) is 4.33. The first kappa shape index (κ1) is 10.5. The van der Waals surface area contributed by atoms with Crippen molar-refractivity contribution in [3.05, 3.63) is 12.1 Å². The Labute approximate surface area is 99.6 Å². The fourth-order valence-electron chi connectivity index (χ4n) is 1.86. The monoisotopic (exact) mass is 237 g/mol. The van der Waals surface area contributed by atoms with Gasteiger partial charge in [-0.25, -0.2) is 0 Å². The highest BCUT2D eigenvalue weighted by molar-refractivity contribution is 5.56. The Balaban J connectivity index is 1.88. The van der Waals surface area contributed by atoms with Crippen LogP contribution in [0.2, 0.25) is 0 Å². The zero-order valence-electron chi connectivity index (χ0n) is 9.69. The third kappa shape index (κ3) is 1.98. The van der Waals surface area contributed by atoms with E-state index in [0.29, 0.717) is 30.5 Å². The molecule has 2 aliphatic heterocycles. The van der Waals surface area contributed by atoms with E-state index in [0.717, 1.165) is 18.8 Å². The number of hydrogen-bond acceptors (Lipinski definition) is 5. The Kier molecular flexibility index (Phi) is 2.68. The van der Waals surface area contributed by atoms with Crippen LogP contribution in [0.4, 0.5) is 0 Å². The van der Waals surface area contributed by atoms with Gasteiger partial charge in [-0.1, -0.05) is 0 Å². The molecule has 0 atom stereocenters. The van der Waals surface area contributed by atoms with Gasteiger partial charge in [0.2, 0.25) is 5.75 Å². The maximum atomic E-state index is 5.78. The van der Waals surface area contributed by atoms with Gasteiger partial charge in [0.25, 0.3) is 0 Å². The van der Waals surface area contributed by atoms with Crippen LogP contribution in [-0.4, -0.2) is 39.5 Å². The number of fused-ring (bicyclic) bond motifs is 1. The molecule has 0 aliphatic carbocycles. The molecule has 0 spiro atoms. The normalized spacial score (nSPS) is 18.4. The largest absolute Gasteiger partial charge is 0.493 e. The van der Waals surface area contributed by atoms with Gasteiger partial charge >= 0.3 is 0 Å². The Hall–Kier alpha value is -1.62. The van der Waals surface area contributed by atoms with Crippen LogP contribution < -0.4 is 24.3 Å². The molecule has 1 saturated heterocycles. The maximum absolute atomic E-state index is 5.78. The summed E-state index contributed by atoms with van der Waals surface area (Å²) in [5.74, 6) is 2.78. The van der Waals surface area contributed by atoms with E-state index < -0.39 is 0 Å². The topological polar surface area (TPSA) is 49.0 Å². The lowest BCUT2D eigenvalue weighted by Gasteiger charge is -2.29. The third-order valence-electron chi connectivity index (χ3n) is 2.85. The predicted octanol–water partition coefficient (Wildman–Crippen LogP) is 0.817. The van der Waals surface area contributed by atoms with Crippen LogP contribution in [-0.2, 0) is 0 Å². The summed E-state index contributed by atoms with van der Waals surface area (Å²) in [6.45, 7) is 2.88. The zero-order chi connectivity index (χ0) is 11.7. The Morgan fingerprint density at radius 1 is 1.24 bits per heavy atom. The minimum Gasteiger partial charge on any atom is -0.493 e. The fourth-order valence-corrected chi connectivity index (χ4v) is 1.86. The van der Waals surface area contributed by atoms with Gasteiger partial charge in [-0.2, -0.15) is 0 Å². The van der Waals surface area contributed by atoms with Crippen LogP contribution in [0.15, 0.2) is 12.1 Å². The van der Waals surface area contributed by atoms with E-state index in [9.17, 15) is 0 Å². The first-order valence-electron chi connectivity index (χ1n) is 5.72. The van der Waals surface area contributed by atoms with Crippen LogP contribution >= 0.6 is 0 Å². The lowest BCUT2D eigenvalue weighted by atomic mass is 10.2. The molecule has 0 radical (unpaired) electrons. The molecule has 5 heteroatoms. The molecular weight excluding hydrogens is 222 g/mol. The molecule has 92 valence electrons. The van der Waals surface area contributed by atoms with Gasteiger partial charge in [-0.05, 0) is 0 Å². The standard InChI is InChI=1S/C12H15NO4/c1-14-10-4-8(17-9-6-13-7-9)5-11-12(10)16-3-2-15-11/h4-5,9,13H,2-3,6-7H2,1H3. The third-order valence-corrected chi connectivity index (χ3v) is 2.85. The summed E-state index contributed by atoms with van der Waals surface area (Å²) >= 11 is 0. The highest BCUT2D eigenvalue weighted by Gasteiger charge is 2.22. The van der Waals surface area contributed by atoms with Gasteiger partial charge in [-0.3, -0.25) is 0 Å². The smallest absolute Gasteiger partial charge is 0.203 e. The molecule has 1 aromatic rings. The van der Waals surface area contributed by atoms with Crippen molar-refractivity contribution in [2.75, 3.05) is 33.4 Å². The lowest BCUT2D eigenvalue weighted by molar-refractivity contribution is 0.136. The van der Waals surface area contributed by atoms with Crippen molar-refractivity contribution in [1.82, 2.24) is 5.32 Å². The molecule has 1 aromatic carbocycles. The number of nitrogens with one attached hydrogen (secondary N) is 1. The molecule has 1 fully saturated rings. The molecule has 1 N–H and O–H groups in total. The van der Waals surface area contributed by atoms with Crippen LogP contribution in [0.1, 0.15) is 0 Å². The first-order chi connectivity index (χ1) is 8.36. The van der Waals surface area contributed by atoms with Gasteiger partial charge in [0.1, 0.15) is 25.1 Å². The van der Waals surface area contributed by atoms with Crippen molar-refractivity contribution in [3.63, 3.8) is 0 Å². The summed E-state index contributed by atoms with van der Waals surface area (Å²) in [6.07, 6.45) is 0.238. The summed E-state index contributed by atoms with van der Waals surface area (Å²) in [5.41, 5.74) is 0. The highest BCUT2D eigenvalue weighted by Crippen LogP contribution is 2.42. The van der Waals surface area contributed by atoms with Gasteiger partial charge in [0, 0.05) is 25.2 Å².